The van der Waals surface area contributed by atoms with Crippen molar-refractivity contribution >= 4 is 5.91 Å². The largest absolute Gasteiger partial charge is 0.348 e. The molecular weight excluding hydrogens is 395 g/mol. The van der Waals surface area contributed by atoms with Gasteiger partial charge in [-0.25, -0.2) is 19.0 Å². The maximum absolute atomic E-state index is 14.6. The van der Waals surface area contributed by atoms with E-state index in [4.69, 9.17) is 0 Å². The van der Waals surface area contributed by atoms with Crippen LogP contribution in [0.25, 0.3) is 11.5 Å². The van der Waals surface area contributed by atoms with Crippen molar-refractivity contribution in [3.05, 3.63) is 89.6 Å². The van der Waals surface area contributed by atoms with Crippen molar-refractivity contribution in [3.8, 4) is 11.5 Å². The van der Waals surface area contributed by atoms with E-state index in [1.54, 1.807) is 46.2 Å². The Morgan fingerprint density at radius 3 is 2.65 bits per heavy atom. The molecule has 7 nitrogen and oxygen atoms in total. The number of amides is 1. The Hall–Kier alpha value is -3.81. The molecular formula is C23H23FN6O. The quantitative estimate of drug-likeness (QED) is 0.514. The Morgan fingerprint density at radius 1 is 1.16 bits per heavy atom. The Morgan fingerprint density at radius 2 is 2.00 bits per heavy atom. The Labute approximate surface area is 179 Å². The van der Waals surface area contributed by atoms with Crippen LogP contribution in [0.3, 0.4) is 0 Å². The summed E-state index contributed by atoms with van der Waals surface area (Å²) < 4.78 is 18.0. The molecule has 3 aromatic heterocycles. The van der Waals surface area contributed by atoms with Gasteiger partial charge in [0.1, 0.15) is 11.6 Å². The number of imidazole rings is 1. The number of pyridine rings is 1. The summed E-state index contributed by atoms with van der Waals surface area (Å²) in [6, 6.07) is 10.4. The van der Waals surface area contributed by atoms with Crippen LogP contribution in [-0.4, -0.2) is 30.2 Å². The molecule has 1 aromatic carbocycles. The molecule has 0 aliphatic carbocycles. The fourth-order valence-corrected chi connectivity index (χ4v) is 3.52. The molecule has 0 saturated carbocycles. The zero-order valence-corrected chi connectivity index (χ0v) is 17.6. The smallest absolute Gasteiger partial charge is 0.255 e. The molecule has 1 amide bonds. The molecule has 0 radical (unpaired) electrons. The fourth-order valence-electron chi connectivity index (χ4n) is 3.52. The van der Waals surface area contributed by atoms with Crippen LogP contribution in [0.1, 0.15) is 47.2 Å². The van der Waals surface area contributed by atoms with Crippen molar-refractivity contribution in [1.82, 2.24) is 29.6 Å². The lowest BCUT2D eigenvalue weighted by Crippen LogP contribution is -2.24. The standard InChI is InChI=1S/C23H23FN6O/c1-15(2)22-18(14-28-30(22)21-6-4-5-9-26-21)23(31)27-13-17-7-8-20(19(24)12-17)29-11-10-25-16(29)3/h4-12,14-15H,13H2,1-3H3,(H,27,31). The molecule has 0 aliphatic rings. The molecule has 8 heteroatoms. The minimum absolute atomic E-state index is 0.0559. The summed E-state index contributed by atoms with van der Waals surface area (Å²) in [5, 5.41) is 7.24. The number of carbonyl (C=O) groups is 1. The van der Waals surface area contributed by atoms with Gasteiger partial charge < -0.3 is 9.88 Å². The second-order valence-corrected chi connectivity index (χ2v) is 7.51. The number of nitrogens with one attached hydrogen (secondary N) is 1. The van der Waals surface area contributed by atoms with Crippen molar-refractivity contribution < 1.29 is 9.18 Å². The van der Waals surface area contributed by atoms with Crippen LogP contribution >= 0.6 is 0 Å². The van der Waals surface area contributed by atoms with Gasteiger partial charge in [0.2, 0.25) is 0 Å². The first-order valence-corrected chi connectivity index (χ1v) is 10.0. The van der Waals surface area contributed by atoms with Crippen LogP contribution in [0.2, 0.25) is 0 Å². The van der Waals surface area contributed by atoms with Gasteiger partial charge in [0.15, 0.2) is 5.82 Å². The summed E-state index contributed by atoms with van der Waals surface area (Å²) in [6.45, 7) is 6.01. The molecule has 4 rings (SSSR count). The highest BCUT2D eigenvalue weighted by molar-refractivity contribution is 5.95. The molecule has 0 bridgehead atoms. The third kappa shape index (κ3) is 4.09. The maximum atomic E-state index is 14.6. The summed E-state index contributed by atoms with van der Waals surface area (Å²) in [4.78, 5) is 21.3. The minimum Gasteiger partial charge on any atom is -0.348 e. The number of rotatable bonds is 6. The lowest BCUT2D eigenvalue weighted by Gasteiger charge is -2.13. The first-order valence-electron chi connectivity index (χ1n) is 10.0. The summed E-state index contributed by atoms with van der Waals surface area (Å²) in [6.07, 6.45) is 6.57. The van der Waals surface area contributed by atoms with Gasteiger partial charge in [-0.2, -0.15) is 5.10 Å². The van der Waals surface area contributed by atoms with Gasteiger partial charge in [-0.3, -0.25) is 4.79 Å². The molecule has 0 unspecified atom stereocenters. The number of hydrogen-bond donors (Lipinski definition) is 1. The van der Waals surface area contributed by atoms with E-state index in [1.807, 2.05) is 39.0 Å². The van der Waals surface area contributed by atoms with E-state index >= 15 is 0 Å². The van der Waals surface area contributed by atoms with Gasteiger partial charge in [-0.15, -0.1) is 0 Å². The lowest BCUT2D eigenvalue weighted by atomic mass is 10.1. The first-order chi connectivity index (χ1) is 15.0. The number of carbonyl (C=O) groups excluding carboxylic acids is 1. The molecule has 1 N–H and O–H groups in total. The summed E-state index contributed by atoms with van der Waals surface area (Å²) in [5.74, 6) is 0.767. The number of hydrogen-bond acceptors (Lipinski definition) is 4. The molecule has 0 fully saturated rings. The van der Waals surface area contributed by atoms with Crippen LogP contribution in [0.15, 0.2) is 61.2 Å². The van der Waals surface area contributed by atoms with Crippen molar-refractivity contribution in [3.63, 3.8) is 0 Å². The van der Waals surface area contributed by atoms with Gasteiger partial charge in [0.25, 0.3) is 5.91 Å². The Bertz CT molecular complexity index is 1210. The molecule has 4 aromatic rings. The van der Waals surface area contributed by atoms with E-state index in [-0.39, 0.29) is 24.2 Å². The van der Waals surface area contributed by atoms with Gasteiger partial charge in [0.05, 0.1) is 23.1 Å². The van der Waals surface area contributed by atoms with Crippen molar-refractivity contribution in [1.29, 1.82) is 0 Å². The van der Waals surface area contributed by atoms with Crippen LogP contribution in [0.5, 0.6) is 0 Å². The average molecular weight is 418 g/mol. The average Bonchev–Trinajstić information content (AvgIpc) is 3.39. The second kappa shape index (κ2) is 8.51. The predicted octanol–water partition coefficient (Wildman–Crippen LogP) is 3.95. The van der Waals surface area contributed by atoms with E-state index < -0.39 is 0 Å². The molecule has 158 valence electrons. The molecule has 0 spiro atoms. The molecule has 31 heavy (non-hydrogen) atoms. The molecule has 0 atom stereocenters. The molecule has 0 saturated heterocycles. The summed E-state index contributed by atoms with van der Waals surface area (Å²) in [5.41, 5.74) is 2.33. The van der Waals surface area contributed by atoms with Crippen LogP contribution in [0.4, 0.5) is 4.39 Å². The molecule has 0 aliphatic heterocycles. The van der Waals surface area contributed by atoms with E-state index in [1.165, 1.54) is 6.07 Å². The number of nitrogens with zero attached hydrogens (tertiary/aromatic N) is 5. The van der Waals surface area contributed by atoms with Crippen molar-refractivity contribution in [2.75, 3.05) is 0 Å². The lowest BCUT2D eigenvalue weighted by molar-refractivity contribution is 0.0949. The fraction of sp³-hybridized carbons (Fsp3) is 0.217. The predicted molar refractivity (Wildman–Crippen MR) is 115 cm³/mol. The van der Waals surface area contributed by atoms with Crippen molar-refractivity contribution in [2.24, 2.45) is 0 Å². The number of benzene rings is 1. The number of aromatic nitrogens is 5. The van der Waals surface area contributed by atoms with Gasteiger partial charge >= 0.3 is 0 Å². The maximum Gasteiger partial charge on any atom is 0.255 e. The SMILES string of the molecule is Cc1nccn1-c1ccc(CNC(=O)c2cnn(-c3ccccn3)c2C(C)C)cc1F. The second-order valence-electron chi connectivity index (χ2n) is 7.51. The topological polar surface area (TPSA) is 77.6 Å². The van der Waals surface area contributed by atoms with Gasteiger partial charge in [-0.05, 0) is 42.7 Å². The Kier molecular flexibility index (Phi) is 5.62. The zero-order valence-electron chi connectivity index (χ0n) is 17.6. The number of aryl methyl sites for hydroxylation is 1. The third-order valence-electron chi connectivity index (χ3n) is 5.01. The van der Waals surface area contributed by atoms with Crippen molar-refractivity contribution in [2.45, 2.75) is 33.2 Å². The van der Waals surface area contributed by atoms with Gasteiger partial charge in [-0.1, -0.05) is 26.0 Å². The van der Waals surface area contributed by atoms with E-state index in [9.17, 15) is 9.18 Å². The van der Waals surface area contributed by atoms with Crippen LogP contribution in [0, 0.1) is 12.7 Å². The van der Waals surface area contributed by atoms with Gasteiger partial charge in [0, 0.05) is 25.1 Å². The van der Waals surface area contributed by atoms with E-state index in [0.717, 1.165) is 5.69 Å². The Balaban J connectivity index is 1.53. The zero-order chi connectivity index (χ0) is 22.0. The van der Waals surface area contributed by atoms with E-state index in [0.29, 0.717) is 28.5 Å². The molecule has 3 heterocycles. The van der Waals surface area contributed by atoms with Crippen LogP contribution in [-0.2, 0) is 6.54 Å². The summed E-state index contributed by atoms with van der Waals surface area (Å²) >= 11 is 0. The number of halogens is 1. The van der Waals surface area contributed by atoms with Crippen LogP contribution < -0.4 is 5.32 Å². The summed E-state index contributed by atoms with van der Waals surface area (Å²) in [7, 11) is 0. The normalized spacial score (nSPS) is 11.1. The minimum atomic E-state index is -0.376. The highest BCUT2D eigenvalue weighted by atomic mass is 19.1. The third-order valence-corrected chi connectivity index (χ3v) is 5.01. The highest BCUT2D eigenvalue weighted by Crippen LogP contribution is 2.22. The van der Waals surface area contributed by atoms with E-state index in [2.05, 4.69) is 20.4 Å². The monoisotopic (exact) mass is 418 g/mol. The highest BCUT2D eigenvalue weighted by Gasteiger charge is 2.21. The first kappa shape index (κ1) is 20.5.